The van der Waals surface area contributed by atoms with Crippen molar-refractivity contribution in [1.82, 2.24) is 4.41 Å². The monoisotopic (exact) mass is 135 g/mol. The van der Waals surface area contributed by atoms with Crippen molar-refractivity contribution in [2.75, 3.05) is 5.88 Å². The van der Waals surface area contributed by atoms with Crippen molar-refractivity contribution in [1.29, 1.82) is 0 Å². The van der Waals surface area contributed by atoms with Crippen molar-refractivity contribution < 1.29 is 0 Å². The fourth-order valence-electron chi connectivity index (χ4n) is 0.295. The fourth-order valence-corrected chi connectivity index (χ4v) is 1.09. The topological polar surface area (TPSA) is 41.6 Å². The Bertz CT molecular complexity index is 101. The van der Waals surface area contributed by atoms with Gasteiger partial charge in [-0.1, -0.05) is 11.8 Å². The van der Waals surface area contributed by atoms with Crippen molar-refractivity contribution in [3.05, 3.63) is 0 Å². The highest BCUT2D eigenvalue weighted by Gasteiger charge is 2.06. The van der Waals surface area contributed by atoms with Crippen LogP contribution < -0.4 is 5.73 Å². The molecule has 0 atom stereocenters. The Morgan fingerprint density at radius 3 is 2.86 bits per heavy atom. The first kappa shape index (κ1) is 5.11. The number of thiol groups is 1. The third-order valence-electron chi connectivity index (χ3n) is 0.542. The van der Waals surface area contributed by atoms with E-state index in [2.05, 4.69) is 17.9 Å². The zero-order valence-electron chi connectivity index (χ0n) is 3.53. The molecule has 0 spiro atoms. The molecule has 0 aromatic carbocycles. The van der Waals surface area contributed by atoms with E-state index < -0.39 is 0 Å². The maximum atomic E-state index is 5.25. The zero-order valence-corrected chi connectivity index (χ0v) is 5.25. The highest BCUT2D eigenvalue weighted by atomic mass is 32.2. The van der Waals surface area contributed by atoms with E-state index in [9.17, 15) is 0 Å². The van der Waals surface area contributed by atoms with Crippen molar-refractivity contribution in [3.63, 3.8) is 0 Å². The Morgan fingerprint density at radius 1 is 2.00 bits per heavy atom. The molecule has 0 aromatic rings. The highest BCUT2D eigenvalue weighted by Crippen LogP contribution is 2.14. The van der Waals surface area contributed by atoms with Crippen molar-refractivity contribution in [2.24, 2.45) is 10.8 Å². The lowest BCUT2D eigenvalue weighted by Crippen LogP contribution is -2.01. The molecule has 0 radical (unpaired) electrons. The Kier molecular flexibility index (Phi) is 1.34. The summed E-state index contributed by atoms with van der Waals surface area (Å²) in [4.78, 5) is 0. The molecule has 0 unspecified atom stereocenters. The summed E-state index contributed by atoms with van der Waals surface area (Å²) < 4.78 is 1.50. The van der Waals surface area contributed by atoms with Gasteiger partial charge in [-0.25, -0.2) is 4.41 Å². The summed E-state index contributed by atoms with van der Waals surface area (Å²) in [5.74, 6) is 0.759. The molecule has 0 aromatic heterocycles. The summed E-state index contributed by atoms with van der Waals surface area (Å²) in [6.45, 7) is 0. The van der Waals surface area contributed by atoms with Crippen LogP contribution in [0.1, 0.15) is 0 Å². The van der Waals surface area contributed by atoms with Crippen molar-refractivity contribution in [3.8, 4) is 0 Å². The number of thioether (sulfide) groups is 1. The average molecular weight is 135 g/mol. The molecule has 0 bridgehead atoms. The maximum absolute atomic E-state index is 5.25. The lowest BCUT2D eigenvalue weighted by molar-refractivity contribution is 0.614. The van der Waals surface area contributed by atoms with Crippen LogP contribution in [0.5, 0.6) is 0 Å². The molecule has 1 rings (SSSR count). The smallest absolute Gasteiger partial charge is 0.180 e. The Hall–Kier alpha value is -0.0300. The Morgan fingerprint density at radius 2 is 2.71 bits per heavy atom. The number of nitrogens with zero attached hydrogens (tertiary/aromatic N) is 2. The molecule has 0 saturated heterocycles. The van der Waals surface area contributed by atoms with Crippen molar-refractivity contribution >= 4 is 29.7 Å². The quantitative estimate of drug-likeness (QED) is 0.462. The van der Waals surface area contributed by atoms with E-state index in [1.165, 1.54) is 16.2 Å². The second-order valence-electron chi connectivity index (χ2n) is 1.08. The van der Waals surface area contributed by atoms with Crippen LogP contribution in [0.4, 0.5) is 0 Å². The van der Waals surface area contributed by atoms with E-state index in [0.29, 0.717) is 5.17 Å². The summed E-state index contributed by atoms with van der Waals surface area (Å²) in [6.07, 6.45) is 0. The average Bonchev–Trinajstić information content (AvgIpc) is 1.87. The first-order valence-electron chi connectivity index (χ1n) is 1.72. The molecule has 2 N–H and O–H groups in total. The van der Waals surface area contributed by atoms with Crippen LogP contribution in [-0.2, 0) is 0 Å². The maximum Gasteiger partial charge on any atom is 0.180 e. The number of hydrazone groups is 1. The Labute approximate surface area is 51.5 Å². The minimum atomic E-state index is 0.593. The van der Waals surface area contributed by atoms with E-state index in [-0.39, 0.29) is 0 Å². The van der Waals surface area contributed by atoms with Crippen LogP contribution in [0.3, 0.4) is 0 Å². The lowest BCUT2D eigenvalue weighted by Gasteiger charge is -1.96. The van der Waals surface area contributed by atoms with Crippen LogP contribution in [0.2, 0.25) is 0 Å². The second-order valence-corrected chi connectivity index (χ2v) is 2.51. The van der Waals surface area contributed by atoms with Crippen LogP contribution >= 0.6 is 24.6 Å². The third-order valence-corrected chi connectivity index (χ3v) is 1.72. The molecule has 1 heterocycles. The molecule has 7 heavy (non-hydrogen) atoms. The molecule has 0 fully saturated rings. The van der Waals surface area contributed by atoms with E-state index in [1.807, 2.05) is 0 Å². The normalized spacial score (nSPS) is 20.1. The molecular formula is C2H5N3S2. The van der Waals surface area contributed by atoms with Gasteiger partial charge in [-0.15, -0.1) is 5.10 Å². The first-order chi connectivity index (χ1) is 3.29. The van der Waals surface area contributed by atoms with Crippen LogP contribution in [0.25, 0.3) is 0 Å². The Balaban J connectivity index is 2.50. The van der Waals surface area contributed by atoms with Gasteiger partial charge in [-0.2, -0.15) is 0 Å². The van der Waals surface area contributed by atoms with Gasteiger partial charge in [0.15, 0.2) is 5.17 Å². The van der Waals surface area contributed by atoms with Gasteiger partial charge in [0.05, 0.1) is 0 Å². The van der Waals surface area contributed by atoms with Gasteiger partial charge >= 0.3 is 0 Å². The zero-order chi connectivity index (χ0) is 5.28. The third kappa shape index (κ3) is 1.17. The summed E-state index contributed by atoms with van der Waals surface area (Å²) >= 11 is 5.38. The van der Waals surface area contributed by atoms with Crippen molar-refractivity contribution in [2.45, 2.75) is 0 Å². The summed E-state index contributed by atoms with van der Waals surface area (Å²) in [5.41, 5.74) is 5.25. The lowest BCUT2D eigenvalue weighted by atomic mass is 11.3. The molecule has 1 aliphatic heterocycles. The molecule has 0 aliphatic carbocycles. The predicted octanol–water partition coefficient (Wildman–Crippen LogP) is 0.0672. The van der Waals surface area contributed by atoms with E-state index in [4.69, 9.17) is 5.73 Å². The summed E-state index contributed by atoms with van der Waals surface area (Å²) in [6, 6.07) is 0. The van der Waals surface area contributed by atoms with Crippen LogP contribution in [-0.4, -0.2) is 15.5 Å². The van der Waals surface area contributed by atoms with E-state index >= 15 is 0 Å². The molecule has 40 valence electrons. The SMILES string of the molecule is NC1=NN(S)CS1. The van der Waals surface area contributed by atoms with Gasteiger partial charge in [0.1, 0.15) is 5.88 Å². The number of hydrogen-bond acceptors (Lipinski definition) is 5. The van der Waals surface area contributed by atoms with Gasteiger partial charge in [-0.3, -0.25) is 0 Å². The minimum absolute atomic E-state index is 0.593. The molecular weight excluding hydrogens is 130 g/mol. The number of nitrogens with two attached hydrogens (primary N) is 1. The van der Waals surface area contributed by atoms with Gasteiger partial charge in [0.2, 0.25) is 0 Å². The molecule has 0 saturated carbocycles. The second kappa shape index (κ2) is 1.83. The standard InChI is InChI=1S/C2H5N3S2/c3-2-4-5(6)1-7-2/h6H,1H2,(H2,3,4). The predicted molar refractivity (Wildman–Crippen MR) is 34.9 cm³/mol. The van der Waals surface area contributed by atoms with Gasteiger partial charge in [0, 0.05) is 0 Å². The minimum Gasteiger partial charge on any atom is -0.377 e. The first-order valence-corrected chi connectivity index (χ1v) is 3.11. The largest absolute Gasteiger partial charge is 0.377 e. The number of hydrogen-bond donors (Lipinski definition) is 2. The molecule has 5 heteroatoms. The van der Waals surface area contributed by atoms with E-state index in [1.54, 1.807) is 0 Å². The van der Waals surface area contributed by atoms with Gasteiger partial charge < -0.3 is 5.73 Å². The highest BCUT2D eigenvalue weighted by molar-refractivity contribution is 8.14. The molecule has 0 amide bonds. The number of rotatable bonds is 0. The van der Waals surface area contributed by atoms with Crippen LogP contribution in [0.15, 0.2) is 5.10 Å². The summed E-state index contributed by atoms with van der Waals surface area (Å²) in [7, 11) is 0. The molecule has 3 nitrogen and oxygen atoms in total. The van der Waals surface area contributed by atoms with E-state index in [0.717, 1.165) is 5.88 Å². The van der Waals surface area contributed by atoms with Crippen LogP contribution in [0, 0.1) is 0 Å². The summed E-state index contributed by atoms with van der Waals surface area (Å²) in [5, 5.41) is 4.34. The van der Waals surface area contributed by atoms with Gasteiger partial charge in [0.25, 0.3) is 0 Å². The fraction of sp³-hybridized carbons (Fsp3) is 0.500. The molecule has 1 aliphatic rings. The number of amidine groups is 1. The van der Waals surface area contributed by atoms with Gasteiger partial charge in [-0.05, 0) is 12.8 Å².